The van der Waals surface area contributed by atoms with Crippen LogP contribution in [0.1, 0.15) is 16.2 Å². The summed E-state index contributed by atoms with van der Waals surface area (Å²) < 4.78 is 17.6. The van der Waals surface area contributed by atoms with Gasteiger partial charge in [-0.25, -0.2) is 0 Å². The summed E-state index contributed by atoms with van der Waals surface area (Å²) in [4.78, 5) is 20.9. The van der Waals surface area contributed by atoms with Gasteiger partial charge in [-0.1, -0.05) is 5.16 Å². The molecule has 0 spiro atoms. The van der Waals surface area contributed by atoms with Gasteiger partial charge in [-0.15, -0.1) is 0 Å². The van der Waals surface area contributed by atoms with Gasteiger partial charge >= 0.3 is 0 Å². The number of fused-ring (bicyclic) bond motifs is 2. The van der Waals surface area contributed by atoms with Crippen molar-refractivity contribution in [1.82, 2.24) is 30.2 Å². The zero-order chi connectivity index (χ0) is 19.1. The molecule has 0 radical (unpaired) electrons. The molecule has 0 aliphatic carbocycles. The van der Waals surface area contributed by atoms with Crippen molar-refractivity contribution in [3.8, 4) is 23.0 Å². The molecular weight excluding hydrogens is 364 g/mol. The number of amides is 1. The van der Waals surface area contributed by atoms with Crippen LogP contribution in [0.15, 0.2) is 41.2 Å². The summed E-state index contributed by atoms with van der Waals surface area (Å²) in [5.74, 6) is 1.71. The molecule has 0 bridgehead atoms. The molecule has 0 unspecified atom stereocenters. The highest BCUT2D eigenvalue weighted by Crippen LogP contribution is 2.35. The molecule has 0 saturated carbocycles. The maximum Gasteiger partial charge on any atom is 0.258 e. The normalized spacial score (nSPS) is 12.5. The molecule has 1 aliphatic rings. The van der Waals surface area contributed by atoms with Gasteiger partial charge in [0.05, 0.1) is 23.8 Å². The van der Waals surface area contributed by atoms with Crippen LogP contribution < -0.4 is 14.8 Å². The Morgan fingerprint density at radius 3 is 3.04 bits per heavy atom. The average molecular weight is 378 g/mol. The predicted octanol–water partition coefficient (Wildman–Crippen LogP) is 1.68. The first kappa shape index (κ1) is 16.2. The molecule has 10 heteroatoms. The summed E-state index contributed by atoms with van der Waals surface area (Å²) in [6.45, 7) is 0.315. The molecule has 1 amide bonds. The van der Waals surface area contributed by atoms with E-state index in [-0.39, 0.29) is 19.2 Å². The Morgan fingerprint density at radius 2 is 2.11 bits per heavy atom. The van der Waals surface area contributed by atoms with Crippen molar-refractivity contribution in [2.75, 3.05) is 6.79 Å². The lowest BCUT2D eigenvalue weighted by molar-refractivity contribution is 0.0949. The van der Waals surface area contributed by atoms with Crippen LogP contribution in [0.25, 0.3) is 22.5 Å². The Kier molecular flexibility index (Phi) is 3.68. The van der Waals surface area contributed by atoms with E-state index in [2.05, 4.69) is 25.5 Å². The van der Waals surface area contributed by atoms with Crippen LogP contribution in [0.2, 0.25) is 0 Å². The molecule has 1 N–H and O–H groups in total. The summed E-state index contributed by atoms with van der Waals surface area (Å²) in [6, 6.07) is 7.09. The number of carbonyl (C=O) groups is 1. The lowest BCUT2D eigenvalue weighted by Gasteiger charge is -2.03. The van der Waals surface area contributed by atoms with Crippen LogP contribution in [-0.2, 0) is 13.6 Å². The quantitative estimate of drug-likeness (QED) is 0.570. The zero-order valence-electron chi connectivity index (χ0n) is 14.7. The van der Waals surface area contributed by atoms with Gasteiger partial charge in [0.15, 0.2) is 17.3 Å². The van der Waals surface area contributed by atoms with E-state index in [1.807, 2.05) is 0 Å². The van der Waals surface area contributed by atoms with Crippen LogP contribution >= 0.6 is 0 Å². The molecule has 28 heavy (non-hydrogen) atoms. The average Bonchev–Trinajstić information content (AvgIpc) is 3.45. The highest BCUT2D eigenvalue weighted by Gasteiger charge is 2.17. The summed E-state index contributed by atoms with van der Waals surface area (Å²) in [7, 11) is 1.79. The molecule has 1 aliphatic heterocycles. The molecule has 4 heterocycles. The monoisotopic (exact) mass is 378 g/mol. The summed E-state index contributed by atoms with van der Waals surface area (Å²) in [5.41, 5.74) is 2.64. The lowest BCUT2D eigenvalue weighted by Crippen LogP contribution is -2.23. The number of nitrogens with one attached hydrogen (secondary N) is 1. The van der Waals surface area contributed by atoms with Gasteiger partial charge in [0.1, 0.15) is 5.52 Å². The number of aromatic nitrogens is 5. The van der Waals surface area contributed by atoms with Gasteiger partial charge in [-0.3, -0.25) is 14.5 Å². The number of hydrogen-bond donors (Lipinski definition) is 1. The van der Waals surface area contributed by atoms with Crippen LogP contribution in [0.4, 0.5) is 0 Å². The maximum absolute atomic E-state index is 12.4. The fourth-order valence-electron chi connectivity index (χ4n) is 2.88. The second-order valence-electron chi connectivity index (χ2n) is 6.16. The minimum atomic E-state index is -0.287. The van der Waals surface area contributed by atoms with Crippen molar-refractivity contribution in [3.63, 3.8) is 0 Å². The lowest BCUT2D eigenvalue weighted by atomic mass is 10.2. The minimum absolute atomic E-state index is 0.121. The molecule has 0 fully saturated rings. The fraction of sp³-hybridized carbons (Fsp3) is 0.167. The number of pyridine rings is 1. The van der Waals surface area contributed by atoms with E-state index in [1.165, 1.54) is 6.20 Å². The van der Waals surface area contributed by atoms with E-state index in [9.17, 15) is 4.79 Å². The van der Waals surface area contributed by atoms with Crippen LogP contribution in [0.3, 0.4) is 0 Å². The van der Waals surface area contributed by atoms with Crippen molar-refractivity contribution < 1.29 is 18.8 Å². The summed E-state index contributed by atoms with van der Waals surface area (Å²) >= 11 is 0. The number of nitrogens with zero attached hydrogens (tertiary/aromatic N) is 5. The predicted molar refractivity (Wildman–Crippen MR) is 95.5 cm³/mol. The van der Waals surface area contributed by atoms with Gasteiger partial charge in [-0.2, -0.15) is 10.1 Å². The summed E-state index contributed by atoms with van der Waals surface area (Å²) in [6.07, 6.45) is 3.15. The Labute approximate surface area is 158 Å². The third kappa shape index (κ3) is 2.80. The summed E-state index contributed by atoms with van der Waals surface area (Å²) in [5, 5.41) is 10.8. The molecule has 3 aromatic heterocycles. The van der Waals surface area contributed by atoms with Crippen molar-refractivity contribution in [1.29, 1.82) is 0 Å². The largest absolute Gasteiger partial charge is 0.454 e. The molecule has 0 saturated heterocycles. The second kappa shape index (κ2) is 6.34. The Balaban J connectivity index is 1.29. The smallest absolute Gasteiger partial charge is 0.258 e. The van der Waals surface area contributed by atoms with Gasteiger partial charge in [0.2, 0.25) is 6.79 Å². The van der Waals surface area contributed by atoms with E-state index < -0.39 is 0 Å². The number of benzene rings is 1. The standard InChI is InChI=1S/C18H14N6O4/c1-24-13-4-11(6-19-12(13)7-21-24)17(25)20-8-16-22-18(28-23-16)10-2-3-14-15(5-10)27-9-26-14/h2-7H,8-9H2,1H3,(H,20,25). The van der Waals surface area contributed by atoms with E-state index >= 15 is 0 Å². The molecule has 4 aromatic rings. The molecule has 0 atom stereocenters. The topological polar surface area (TPSA) is 117 Å². The van der Waals surface area contributed by atoms with E-state index in [4.69, 9.17) is 14.0 Å². The highest BCUT2D eigenvalue weighted by atomic mass is 16.7. The Hall–Kier alpha value is -3.95. The van der Waals surface area contributed by atoms with Crippen molar-refractivity contribution in [3.05, 3.63) is 48.0 Å². The fourth-order valence-corrected chi connectivity index (χ4v) is 2.88. The van der Waals surface area contributed by atoms with E-state index in [0.717, 1.165) is 11.0 Å². The number of rotatable bonds is 4. The van der Waals surface area contributed by atoms with E-state index in [1.54, 1.807) is 42.2 Å². The van der Waals surface area contributed by atoms with Gasteiger partial charge in [-0.05, 0) is 24.3 Å². The number of hydrogen-bond acceptors (Lipinski definition) is 8. The molecular formula is C18H14N6O4. The van der Waals surface area contributed by atoms with Crippen LogP contribution in [0, 0.1) is 0 Å². The van der Waals surface area contributed by atoms with E-state index in [0.29, 0.717) is 34.3 Å². The maximum atomic E-state index is 12.4. The Morgan fingerprint density at radius 1 is 1.21 bits per heavy atom. The number of carbonyl (C=O) groups excluding carboxylic acids is 1. The minimum Gasteiger partial charge on any atom is -0.454 e. The first-order valence-corrected chi connectivity index (χ1v) is 8.46. The molecule has 10 nitrogen and oxygen atoms in total. The first-order valence-electron chi connectivity index (χ1n) is 8.46. The van der Waals surface area contributed by atoms with Crippen LogP contribution in [-0.4, -0.2) is 37.6 Å². The van der Waals surface area contributed by atoms with Crippen molar-refractivity contribution in [2.45, 2.75) is 6.54 Å². The first-order chi connectivity index (χ1) is 13.7. The SMILES string of the molecule is Cn1ncc2ncc(C(=O)NCc3noc(-c4ccc5c(c4)OCO5)n3)cc21. The molecule has 140 valence electrons. The second-order valence-corrected chi connectivity index (χ2v) is 6.16. The van der Waals surface area contributed by atoms with Crippen molar-refractivity contribution in [2.24, 2.45) is 7.05 Å². The third-order valence-electron chi connectivity index (χ3n) is 4.36. The molecule has 5 rings (SSSR count). The number of ether oxygens (including phenoxy) is 2. The molecule has 1 aromatic carbocycles. The van der Waals surface area contributed by atoms with Crippen molar-refractivity contribution >= 4 is 16.9 Å². The number of aryl methyl sites for hydroxylation is 1. The highest BCUT2D eigenvalue weighted by molar-refractivity contribution is 5.96. The third-order valence-corrected chi connectivity index (χ3v) is 4.36. The van der Waals surface area contributed by atoms with Gasteiger partial charge < -0.3 is 19.3 Å². The van der Waals surface area contributed by atoms with Gasteiger partial charge in [0.25, 0.3) is 11.8 Å². The van der Waals surface area contributed by atoms with Gasteiger partial charge in [0, 0.05) is 18.8 Å². The zero-order valence-corrected chi connectivity index (χ0v) is 14.7. The Bertz CT molecular complexity index is 1200. The van der Waals surface area contributed by atoms with Crippen LogP contribution in [0.5, 0.6) is 11.5 Å².